The van der Waals surface area contributed by atoms with Crippen molar-refractivity contribution >= 4 is 5.69 Å². The Morgan fingerprint density at radius 1 is 1.32 bits per heavy atom. The van der Waals surface area contributed by atoms with Crippen LogP contribution in [0.25, 0.3) is 0 Å². The molecule has 0 radical (unpaired) electrons. The summed E-state index contributed by atoms with van der Waals surface area (Å²) in [5.74, 6) is 0.809. The van der Waals surface area contributed by atoms with E-state index in [1.54, 1.807) is 0 Å². The van der Waals surface area contributed by atoms with Gasteiger partial charge in [0.1, 0.15) is 0 Å². The van der Waals surface area contributed by atoms with Crippen LogP contribution in [0.4, 0.5) is 5.69 Å². The molecule has 2 rings (SSSR count). The number of aryl methyl sites for hydroxylation is 1. The topological polar surface area (TPSA) is 15.3 Å². The lowest BCUT2D eigenvalue weighted by Crippen LogP contribution is -2.26. The van der Waals surface area contributed by atoms with E-state index < -0.39 is 0 Å². The highest BCUT2D eigenvalue weighted by Crippen LogP contribution is 2.36. The van der Waals surface area contributed by atoms with Gasteiger partial charge in [-0.2, -0.15) is 0 Å². The van der Waals surface area contributed by atoms with Crippen molar-refractivity contribution in [3.8, 4) is 0 Å². The first kappa shape index (κ1) is 14.4. The zero-order valence-electron chi connectivity index (χ0n) is 13.1. The lowest BCUT2D eigenvalue weighted by Gasteiger charge is -2.28. The first-order chi connectivity index (χ1) is 8.91. The van der Waals surface area contributed by atoms with Gasteiger partial charge in [-0.3, -0.25) is 0 Å². The van der Waals surface area contributed by atoms with Crippen LogP contribution in [0.2, 0.25) is 0 Å². The van der Waals surface area contributed by atoms with Crippen LogP contribution < -0.4 is 10.2 Å². The Balaban J connectivity index is 2.11. The minimum atomic E-state index is 0.425. The molecule has 0 amide bonds. The molecule has 1 aliphatic rings. The van der Waals surface area contributed by atoms with Gasteiger partial charge >= 0.3 is 0 Å². The van der Waals surface area contributed by atoms with E-state index in [-0.39, 0.29) is 0 Å². The Hall–Kier alpha value is -1.02. The quantitative estimate of drug-likeness (QED) is 0.893. The van der Waals surface area contributed by atoms with Crippen molar-refractivity contribution < 1.29 is 0 Å². The normalized spacial score (nSPS) is 20.1. The number of hydrogen-bond acceptors (Lipinski definition) is 2. The second kappa shape index (κ2) is 5.54. The van der Waals surface area contributed by atoms with E-state index in [2.05, 4.69) is 56.1 Å². The highest BCUT2D eigenvalue weighted by molar-refractivity contribution is 5.55. The summed E-state index contributed by atoms with van der Waals surface area (Å²) in [6.07, 6.45) is 1.32. The third-order valence-corrected chi connectivity index (χ3v) is 4.40. The number of nitrogens with zero attached hydrogens (tertiary/aromatic N) is 1. The van der Waals surface area contributed by atoms with Gasteiger partial charge in [0.05, 0.1) is 0 Å². The van der Waals surface area contributed by atoms with E-state index >= 15 is 0 Å². The molecule has 2 heteroatoms. The van der Waals surface area contributed by atoms with E-state index in [4.69, 9.17) is 0 Å². The fourth-order valence-electron chi connectivity index (χ4n) is 3.07. The van der Waals surface area contributed by atoms with Crippen LogP contribution in [0.5, 0.6) is 0 Å². The van der Waals surface area contributed by atoms with Crippen molar-refractivity contribution in [3.05, 3.63) is 29.3 Å². The molecule has 1 saturated heterocycles. The number of nitrogens with one attached hydrogen (secondary N) is 1. The summed E-state index contributed by atoms with van der Waals surface area (Å²) in [5.41, 5.74) is 4.62. The first-order valence-electron chi connectivity index (χ1n) is 7.41. The van der Waals surface area contributed by atoms with Gasteiger partial charge in [-0.1, -0.05) is 32.9 Å². The number of rotatable bonds is 3. The lowest BCUT2D eigenvalue weighted by molar-refractivity contribution is 0.263. The molecule has 2 nitrogen and oxygen atoms in total. The molecule has 106 valence electrons. The van der Waals surface area contributed by atoms with Crippen LogP contribution in [-0.2, 0) is 6.54 Å². The van der Waals surface area contributed by atoms with Crippen LogP contribution >= 0.6 is 0 Å². The van der Waals surface area contributed by atoms with Gasteiger partial charge in [0.15, 0.2) is 0 Å². The average molecular weight is 260 g/mol. The molecule has 1 aromatic rings. The Morgan fingerprint density at radius 2 is 2.05 bits per heavy atom. The molecule has 1 aromatic carbocycles. The minimum absolute atomic E-state index is 0.425. The molecular formula is C17H28N2. The first-order valence-corrected chi connectivity index (χ1v) is 7.41. The SMILES string of the molecule is CNCc1ccc(N2CCC(C(C)(C)C)C2)c(C)c1. The van der Waals surface area contributed by atoms with Crippen LogP contribution in [0, 0.1) is 18.3 Å². The van der Waals surface area contributed by atoms with Gasteiger partial charge in [0.2, 0.25) is 0 Å². The maximum Gasteiger partial charge on any atom is 0.0396 e. The van der Waals surface area contributed by atoms with Crippen LogP contribution in [0.15, 0.2) is 18.2 Å². The maximum atomic E-state index is 3.21. The van der Waals surface area contributed by atoms with Gasteiger partial charge in [-0.25, -0.2) is 0 Å². The fraction of sp³-hybridized carbons (Fsp3) is 0.647. The summed E-state index contributed by atoms with van der Waals surface area (Å²) in [6.45, 7) is 12.7. The monoisotopic (exact) mass is 260 g/mol. The molecule has 0 aromatic heterocycles. The third kappa shape index (κ3) is 3.30. The molecule has 0 bridgehead atoms. The van der Waals surface area contributed by atoms with E-state index in [0.29, 0.717) is 5.41 Å². The predicted molar refractivity (Wildman–Crippen MR) is 83.7 cm³/mol. The molecule has 1 unspecified atom stereocenters. The second-order valence-corrected chi connectivity index (χ2v) is 6.95. The Labute approximate surface area is 118 Å². The standard InChI is InChI=1S/C17H28N2/c1-13-10-14(11-18-5)6-7-16(13)19-9-8-15(12-19)17(2,3)4/h6-7,10,15,18H,8-9,11-12H2,1-5H3. The summed E-state index contributed by atoms with van der Waals surface area (Å²) in [4.78, 5) is 2.56. The Kier molecular flexibility index (Phi) is 4.19. The molecule has 0 aliphatic carbocycles. The molecule has 1 aliphatic heterocycles. The van der Waals surface area contributed by atoms with Crippen molar-refractivity contribution in [2.45, 2.75) is 40.7 Å². The van der Waals surface area contributed by atoms with Crippen LogP contribution in [-0.4, -0.2) is 20.1 Å². The summed E-state index contributed by atoms with van der Waals surface area (Å²) in [7, 11) is 2.00. The number of anilines is 1. The van der Waals surface area contributed by atoms with Crippen molar-refractivity contribution in [1.82, 2.24) is 5.32 Å². The van der Waals surface area contributed by atoms with E-state index in [1.165, 1.54) is 36.3 Å². The third-order valence-electron chi connectivity index (χ3n) is 4.40. The number of benzene rings is 1. The van der Waals surface area contributed by atoms with Gasteiger partial charge < -0.3 is 10.2 Å². The maximum absolute atomic E-state index is 3.21. The summed E-state index contributed by atoms with van der Waals surface area (Å²) in [5, 5.41) is 3.21. The van der Waals surface area contributed by atoms with Gasteiger partial charge in [-0.15, -0.1) is 0 Å². The molecule has 1 heterocycles. The smallest absolute Gasteiger partial charge is 0.0396 e. The summed E-state index contributed by atoms with van der Waals surface area (Å²) in [6, 6.07) is 6.87. The Bertz CT molecular complexity index is 431. The van der Waals surface area contributed by atoms with Gasteiger partial charge in [0.25, 0.3) is 0 Å². The molecule has 1 N–H and O–H groups in total. The Morgan fingerprint density at radius 3 is 2.58 bits per heavy atom. The summed E-state index contributed by atoms with van der Waals surface area (Å²) >= 11 is 0. The second-order valence-electron chi connectivity index (χ2n) is 6.95. The minimum Gasteiger partial charge on any atom is -0.371 e. The zero-order chi connectivity index (χ0) is 14.0. The van der Waals surface area contributed by atoms with E-state index in [1.807, 2.05) is 7.05 Å². The van der Waals surface area contributed by atoms with Crippen molar-refractivity contribution in [2.75, 3.05) is 25.0 Å². The molecule has 0 spiro atoms. The highest BCUT2D eigenvalue weighted by Gasteiger charge is 2.32. The van der Waals surface area contributed by atoms with Gasteiger partial charge in [-0.05, 0) is 48.9 Å². The van der Waals surface area contributed by atoms with Crippen molar-refractivity contribution in [1.29, 1.82) is 0 Å². The zero-order valence-corrected chi connectivity index (χ0v) is 13.1. The molecule has 1 atom stereocenters. The highest BCUT2D eigenvalue weighted by atomic mass is 15.2. The van der Waals surface area contributed by atoms with Crippen molar-refractivity contribution in [3.63, 3.8) is 0 Å². The van der Waals surface area contributed by atoms with Gasteiger partial charge in [0, 0.05) is 25.3 Å². The fourth-order valence-corrected chi connectivity index (χ4v) is 3.07. The molecule has 1 fully saturated rings. The average Bonchev–Trinajstić information content (AvgIpc) is 2.78. The molecule has 0 saturated carbocycles. The molecular weight excluding hydrogens is 232 g/mol. The summed E-state index contributed by atoms with van der Waals surface area (Å²) < 4.78 is 0. The van der Waals surface area contributed by atoms with E-state index in [0.717, 1.165) is 12.5 Å². The van der Waals surface area contributed by atoms with Crippen molar-refractivity contribution in [2.24, 2.45) is 11.3 Å². The number of hydrogen-bond donors (Lipinski definition) is 1. The van der Waals surface area contributed by atoms with Crippen LogP contribution in [0.3, 0.4) is 0 Å². The van der Waals surface area contributed by atoms with E-state index in [9.17, 15) is 0 Å². The lowest BCUT2D eigenvalue weighted by atomic mass is 9.80. The largest absolute Gasteiger partial charge is 0.371 e. The van der Waals surface area contributed by atoms with Crippen LogP contribution in [0.1, 0.15) is 38.3 Å². The molecule has 19 heavy (non-hydrogen) atoms. The predicted octanol–water partition coefficient (Wildman–Crippen LogP) is 3.59.